The van der Waals surface area contributed by atoms with Crippen LogP contribution in [-0.4, -0.2) is 15.0 Å². The van der Waals surface area contributed by atoms with Crippen LogP contribution in [0.25, 0.3) is 0 Å². The SMILES string of the molecule is CC(C)Cn1nncc1Br. The van der Waals surface area contributed by atoms with Crippen molar-refractivity contribution in [2.45, 2.75) is 20.4 Å². The maximum atomic E-state index is 3.88. The Morgan fingerprint density at radius 2 is 2.40 bits per heavy atom. The highest BCUT2D eigenvalue weighted by atomic mass is 79.9. The minimum absolute atomic E-state index is 0.609. The first-order chi connectivity index (χ1) is 4.70. The van der Waals surface area contributed by atoms with E-state index in [1.54, 1.807) is 6.20 Å². The Labute approximate surface area is 68.6 Å². The van der Waals surface area contributed by atoms with Crippen molar-refractivity contribution in [3.63, 3.8) is 0 Å². The Bertz CT molecular complexity index is 207. The molecule has 0 atom stereocenters. The smallest absolute Gasteiger partial charge is 0.124 e. The Balaban J connectivity index is 2.65. The van der Waals surface area contributed by atoms with Crippen LogP contribution in [0, 0.1) is 5.92 Å². The fourth-order valence-corrected chi connectivity index (χ4v) is 1.02. The van der Waals surface area contributed by atoms with Crippen molar-refractivity contribution in [2.24, 2.45) is 5.92 Å². The van der Waals surface area contributed by atoms with E-state index in [1.807, 2.05) is 4.68 Å². The van der Waals surface area contributed by atoms with Crippen molar-refractivity contribution in [3.05, 3.63) is 10.8 Å². The van der Waals surface area contributed by atoms with Crippen LogP contribution in [0.1, 0.15) is 13.8 Å². The topological polar surface area (TPSA) is 30.7 Å². The lowest BCUT2D eigenvalue weighted by atomic mass is 10.2. The lowest BCUT2D eigenvalue weighted by Gasteiger charge is -2.03. The Morgan fingerprint density at radius 3 is 2.80 bits per heavy atom. The van der Waals surface area contributed by atoms with E-state index in [2.05, 4.69) is 40.1 Å². The fourth-order valence-electron chi connectivity index (χ4n) is 0.715. The fraction of sp³-hybridized carbons (Fsp3) is 0.667. The first-order valence-electron chi connectivity index (χ1n) is 3.24. The molecule has 0 fully saturated rings. The Morgan fingerprint density at radius 1 is 1.70 bits per heavy atom. The molecular weight excluding hydrogens is 194 g/mol. The molecular formula is C6H10BrN3. The monoisotopic (exact) mass is 203 g/mol. The number of nitrogens with zero attached hydrogens (tertiary/aromatic N) is 3. The molecule has 0 amide bonds. The zero-order valence-corrected chi connectivity index (χ0v) is 7.67. The van der Waals surface area contributed by atoms with E-state index >= 15 is 0 Å². The molecule has 0 spiro atoms. The third kappa shape index (κ3) is 1.80. The van der Waals surface area contributed by atoms with Gasteiger partial charge in [0.15, 0.2) is 0 Å². The summed E-state index contributed by atoms with van der Waals surface area (Å²) in [5, 5.41) is 7.62. The standard InChI is InChI=1S/C6H10BrN3/c1-5(2)4-10-6(7)3-8-9-10/h3,5H,4H2,1-2H3. The van der Waals surface area contributed by atoms with Gasteiger partial charge in [0.2, 0.25) is 0 Å². The van der Waals surface area contributed by atoms with Gasteiger partial charge in [0.1, 0.15) is 4.60 Å². The van der Waals surface area contributed by atoms with Crippen LogP contribution in [0.2, 0.25) is 0 Å². The van der Waals surface area contributed by atoms with E-state index in [9.17, 15) is 0 Å². The first-order valence-corrected chi connectivity index (χ1v) is 4.03. The number of hydrogen-bond acceptors (Lipinski definition) is 2. The van der Waals surface area contributed by atoms with Gasteiger partial charge in [-0.2, -0.15) is 0 Å². The van der Waals surface area contributed by atoms with Gasteiger partial charge in [0.25, 0.3) is 0 Å². The molecule has 1 aromatic rings. The second-order valence-electron chi connectivity index (χ2n) is 2.63. The molecule has 1 heterocycles. The zero-order valence-electron chi connectivity index (χ0n) is 6.08. The highest BCUT2D eigenvalue weighted by molar-refractivity contribution is 9.10. The van der Waals surface area contributed by atoms with Crippen LogP contribution in [0.5, 0.6) is 0 Å². The summed E-state index contributed by atoms with van der Waals surface area (Å²) in [6.07, 6.45) is 1.70. The largest absolute Gasteiger partial charge is 0.238 e. The number of halogens is 1. The van der Waals surface area contributed by atoms with E-state index in [4.69, 9.17) is 0 Å². The minimum atomic E-state index is 0.609. The molecule has 0 aliphatic carbocycles. The van der Waals surface area contributed by atoms with Crippen LogP contribution >= 0.6 is 15.9 Å². The molecule has 0 aromatic carbocycles. The highest BCUT2D eigenvalue weighted by Crippen LogP contribution is 2.07. The summed E-state index contributed by atoms with van der Waals surface area (Å²) in [7, 11) is 0. The number of rotatable bonds is 2. The summed E-state index contributed by atoms with van der Waals surface area (Å²) in [6.45, 7) is 5.21. The van der Waals surface area contributed by atoms with Crippen LogP contribution in [-0.2, 0) is 6.54 Å². The summed E-state index contributed by atoms with van der Waals surface area (Å²) in [5.74, 6) is 0.609. The van der Waals surface area contributed by atoms with Crippen LogP contribution < -0.4 is 0 Å². The third-order valence-electron chi connectivity index (χ3n) is 1.11. The molecule has 56 valence electrons. The summed E-state index contributed by atoms with van der Waals surface area (Å²) in [5.41, 5.74) is 0. The number of aromatic nitrogens is 3. The lowest BCUT2D eigenvalue weighted by molar-refractivity contribution is 0.465. The van der Waals surface area contributed by atoms with E-state index in [-0.39, 0.29) is 0 Å². The molecule has 0 saturated carbocycles. The molecule has 0 radical (unpaired) electrons. The summed E-state index contributed by atoms with van der Waals surface area (Å²) in [6, 6.07) is 0. The quantitative estimate of drug-likeness (QED) is 0.733. The molecule has 0 unspecified atom stereocenters. The normalized spacial score (nSPS) is 10.8. The van der Waals surface area contributed by atoms with Crippen molar-refractivity contribution in [2.75, 3.05) is 0 Å². The maximum Gasteiger partial charge on any atom is 0.124 e. The van der Waals surface area contributed by atoms with E-state index in [0.717, 1.165) is 11.1 Å². The van der Waals surface area contributed by atoms with Crippen molar-refractivity contribution >= 4 is 15.9 Å². The van der Waals surface area contributed by atoms with Crippen LogP contribution in [0.3, 0.4) is 0 Å². The molecule has 0 bridgehead atoms. The third-order valence-corrected chi connectivity index (χ3v) is 1.72. The lowest BCUT2D eigenvalue weighted by Crippen LogP contribution is -2.06. The molecule has 4 heteroatoms. The average Bonchev–Trinajstić information content (AvgIpc) is 2.15. The molecule has 0 saturated heterocycles. The van der Waals surface area contributed by atoms with Crippen molar-refractivity contribution in [1.82, 2.24) is 15.0 Å². The minimum Gasteiger partial charge on any atom is -0.238 e. The van der Waals surface area contributed by atoms with E-state index < -0.39 is 0 Å². The first kappa shape index (κ1) is 7.72. The van der Waals surface area contributed by atoms with Gasteiger partial charge in [-0.15, -0.1) is 5.10 Å². The van der Waals surface area contributed by atoms with Gasteiger partial charge in [-0.3, -0.25) is 0 Å². The molecule has 1 aromatic heterocycles. The molecule has 3 nitrogen and oxygen atoms in total. The summed E-state index contributed by atoms with van der Waals surface area (Å²) in [4.78, 5) is 0. The molecule has 0 aliphatic rings. The van der Waals surface area contributed by atoms with E-state index in [1.165, 1.54) is 0 Å². The predicted octanol–water partition coefficient (Wildman–Crippen LogP) is 1.70. The second-order valence-corrected chi connectivity index (χ2v) is 3.45. The van der Waals surface area contributed by atoms with Gasteiger partial charge >= 0.3 is 0 Å². The van der Waals surface area contributed by atoms with Gasteiger partial charge < -0.3 is 0 Å². The highest BCUT2D eigenvalue weighted by Gasteiger charge is 2.00. The van der Waals surface area contributed by atoms with Crippen LogP contribution in [0.15, 0.2) is 10.8 Å². The van der Waals surface area contributed by atoms with E-state index in [0.29, 0.717) is 5.92 Å². The zero-order chi connectivity index (χ0) is 7.56. The van der Waals surface area contributed by atoms with Gasteiger partial charge in [-0.25, -0.2) is 4.68 Å². The van der Waals surface area contributed by atoms with Gasteiger partial charge in [-0.05, 0) is 21.8 Å². The van der Waals surface area contributed by atoms with Crippen LogP contribution in [0.4, 0.5) is 0 Å². The molecule has 1 rings (SSSR count). The summed E-state index contributed by atoms with van der Waals surface area (Å²) >= 11 is 3.33. The van der Waals surface area contributed by atoms with Gasteiger partial charge in [0, 0.05) is 6.54 Å². The average molecular weight is 204 g/mol. The van der Waals surface area contributed by atoms with Gasteiger partial charge in [0.05, 0.1) is 6.20 Å². The van der Waals surface area contributed by atoms with Gasteiger partial charge in [-0.1, -0.05) is 19.1 Å². The number of hydrogen-bond donors (Lipinski definition) is 0. The Kier molecular flexibility index (Phi) is 2.43. The van der Waals surface area contributed by atoms with Crippen molar-refractivity contribution in [1.29, 1.82) is 0 Å². The molecule has 0 aliphatic heterocycles. The molecule has 10 heavy (non-hydrogen) atoms. The summed E-state index contributed by atoms with van der Waals surface area (Å²) < 4.78 is 2.78. The Hall–Kier alpha value is -0.380. The second kappa shape index (κ2) is 3.14. The molecule has 0 N–H and O–H groups in total. The van der Waals surface area contributed by atoms with Crippen molar-refractivity contribution in [3.8, 4) is 0 Å². The maximum absolute atomic E-state index is 3.88. The predicted molar refractivity (Wildman–Crippen MR) is 42.6 cm³/mol. The van der Waals surface area contributed by atoms with Crippen molar-refractivity contribution < 1.29 is 0 Å².